The number of aromatic nitrogens is 2. The molecular formula is C10H15ClN2O2. The maximum Gasteiger partial charge on any atom is 0.221 e. The highest BCUT2D eigenvalue weighted by molar-refractivity contribution is 6.30. The van der Waals surface area contributed by atoms with Gasteiger partial charge in [0.2, 0.25) is 5.88 Å². The number of nitrogens with zero attached hydrogens (tertiary/aromatic N) is 2. The zero-order valence-corrected chi connectivity index (χ0v) is 9.71. The molecule has 0 atom stereocenters. The molecule has 1 rings (SSSR count). The third-order valence-electron chi connectivity index (χ3n) is 1.89. The zero-order chi connectivity index (χ0) is 11.3. The van der Waals surface area contributed by atoms with Crippen LogP contribution in [-0.2, 0) is 6.42 Å². The van der Waals surface area contributed by atoms with Gasteiger partial charge >= 0.3 is 0 Å². The molecule has 0 saturated carbocycles. The van der Waals surface area contributed by atoms with Crippen LogP contribution in [0.2, 0.25) is 5.15 Å². The number of aliphatic hydroxyl groups is 1. The van der Waals surface area contributed by atoms with Gasteiger partial charge in [0.05, 0.1) is 6.61 Å². The van der Waals surface area contributed by atoms with Crippen LogP contribution in [0.25, 0.3) is 0 Å². The Morgan fingerprint density at radius 2 is 2.13 bits per heavy atom. The third kappa shape index (κ3) is 3.32. The lowest BCUT2D eigenvalue weighted by Crippen LogP contribution is -2.07. The SMILES string of the molecule is CCCc1nc(Cl)c(C)c(OCCO)n1. The van der Waals surface area contributed by atoms with Crippen molar-refractivity contribution in [1.29, 1.82) is 0 Å². The van der Waals surface area contributed by atoms with Crippen molar-refractivity contribution < 1.29 is 9.84 Å². The molecule has 0 aliphatic heterocycles. The van der Waals surface area contributed by atoms with Crippen LogP contribution in [0.3, 0.4) is 0 Å². The lowest BCUT2D eigenvalue weighted by atomic mass is 10.3. The average molecular weight is 231 g/mol. The summed E-state index contributed by atoms with van der Waals surface area (Å²) in [4.78, 5) is 8.37. The smallest absolute Gasteiger partial charge is 0.221 e. The van der Waals surface area contributed by atoms with E-state index in [-0.39, 0.29) is 13.2 Å². The van der Waals surface area contributed by atoms with Crippen molar-refractivity contribution in [2.45, 2.75) is 26.7 Å². The maximum absolute atomic E-state index is 8.66. The monoisotopic (exact) mass is 230 g/mol. The molecule has 4 nitrogen and oxygen atoms in total. The minimum atomic E-state index is -0.0375. The van der Waals surface area contributed by atoms with Gasteiger partial charge in [-0.3, -0.25) is 0 Å². The first-order valence-corrected chi connectivity index (χ1v) is 5.33. The molecule has 0 saturated heterocycles. The van der Waals surface area contributed by atoms with E-state index >= 15 is 0 Å². The van der Waals surface area contributed by atoms with Crippen molar-refractivity contribution in [2.75, 3.05) is 13.2 Å². The number of rotatable bonds is 5. The van der Waals surface area contributed by atoms with Gasteiger partial charge in [0, 0.05) is 12.0 Å². The normalized spacial score (nSPS) is 10.4. The minimum Gasteiger partial charge on any atom is -0.475 e. The van der Waals surface area contributed by atoms with Gasteiger partial charge in [-0.05, 0) is 13.3 Å². The van der Waals surface area contributed by atoms with Crippen LogP contribution in [-0.4, -0.2) is 28.3 Å². The van der Waals surface area contributed by atoms with E-state index < -0.39 is 0 Å². The fraction of sp³-hybridized carbons (Fsp3) is 0.600. The Morgan fingerprint density at radius 1 is 1.40 bits per heavy atom. The standard InChI is InChI=1S/C10H15ClN2O2/c1-3-4-8-12-9(11)7(2)10(13-8)15-6-5-14/h14H,3-6H2,1-2H3. The molecule has 0 aliphatic rings. The first kappa shape index (κ1) is 12.2. The summed E-state index contributed by atoms with van der Waals surface area (Å²) >= 11 is 5.94. The van der Waals surface area contributed by atoms with Crippen LogP contribution < -0.4 is 4.74 Å². The summed E-state index contributed by atoms with van der Waals surface area (Å²) in [5.74, 6) is 1.15. The minimum absolute atomic E-state index is 0.0375. The summed E-state index contributed by atoms with van der Waals surface area (Å²) in [6, 6.07) is 0. The van der Waals surface area contributed by atoms with Crippen molar-refractivity contribution in [2.24, 2.45) is 0 Å². The Balaban J connectivity index is 2.91. The molecule has 1 heterocycles. The van der Waals surface area contributed by atoms with Crippen LogP contribution in [0.15, 0.2) is 0 Å². The van der Waals surface area contributed by atoms with E-state index in [9.17, 15) is 0 Å². The second-order valence-electron chi connectivity index (χ2n) is 3.18. The van der Waals surface area contributed by atoms with Gasteiger partial charge in [-0.15, -0.1) is 0 Å². The molecule has 1 aromatic rings. The molecule has 0 amide bonds. The predicted octanol–water partition coefficient (Wildman–Crippen LogP) is 1.76. The van der Waals surface area contributed by atoms with Gasteiger partial charge in [0.1, 0.15) is 17.6 Å². The molecule has 15 heavy (non-hydrogen) atoms. The van der Waals surface area contributed by atoms with Gasteiger partial charge in [-0.25, -0.2) is 4.98 Å². The first-order valence-electron chi connectivity index (χ1n) is 4.95. The number of ether oxygens (including phenoxy) is 1. The number of aryl methyl sites for hydroxylation is 1. The summed E-state index contributed by atoms with van der Waals surface area (Å²) in [6.07, 6.45) is 1.73. The summed E-state index contributed by atoms with van der Waals surface area (Å²) in [7, 11) is 0. The van der Waals surface area contributed by atoms with Gasteiger partial charge < -0.3 is 9.84 Å². The lowest BCUT2D eigenvalue weighted by molar-refractivity contribution is 0.195. The third-order valence-corrected chi connectivity index (χ3v) is 2.26. The molecule has 0 spiro atoms. The molecule has 0 bridgehead atoms. The van der Waals surface area contributed by atoms with Crippen molar-refractivity contribution >= 4 is 11.6 Å². The molecule has 0 aromatic carbocycles. The van der Waals surface area contributed by atoms with E-state index in [0.717, 1.165) is 12.8 Å². The number of halogens is 1. The molecule has 0 aliphatic carbocycles. The fourth-order valence-electron chi connectivity index (χ4n) is 1.13. The first-order chi connectivity index (χ1) is 7.19. The average Bonchev–Trinajstić information content (AvgIpc) is 2.21. The topological polar surface area (TPSA) is 55.2 Å². The highest BCUT2D eigenvalue weighted by Gasteiger charge is 2.09. The second-order valence-corrected chi connectivity index (χ2v) is 3.54. The van der Waals surface area contributed by atoms with Gasteiger partial charge in [-0.1, -0.05) is 18.5 Å². The van der Waals surface area contributed by atoms with Crippen molar-refractivity contribution in [3.8, 4) is 5.88 Å². The Hall–Kier alpha value is -0.870. The van der Waals surface area contributed by atoms with Gasteiger partial charge in [0.15, 0.2) is 0 Å². The Labute approximate surface area is 94.3 Å². The molecular weight excluding hydrogens is 216 g/mol. The maximum atomic E-state index is 8.66. The Kier molecular flexibility index (Phi) is 4.78. The van der Waals surface area contributed by atoms with E-state index in [1.807, 2.05) is 6.92 Å². The van der Waals surface area contributed by atoms with Crippen LogP contribution in [0.1, 0.15) is 24.7 Å². The highest BCUT2D eigenvalue weighted by atomic mass is 35.5. The van der Waals surface area contributed by atoms with Crippen molar-refractivity contribution in [3.63, 3.8) is 0 Å². The zero-order valence-electron chi connectivity index (χ0n) is 8.96. The molecule has 5 heteroatoms. The van der Waals surface area contributed by atoms with Gasteiger partial charge in [0.25, 0.3) is 0 Å². The van der Waals surface area contributed by atoms with E-state index in [1.54, 1.807) is 6.92 Å². The quantitative estimate of drug-likeness (QED) is 0.784. The fourth-order valence-corrected chi connectivity index (χ4v) is 1.31. The molecule has 0 fully saturated rings. The molecule has 0 unspecified atom stereocenters. The van der Waals surface area contributed by atoms with E-state index in [4.69, 9.17) is 21.4 Å². The van der Waals surface area contributed by atoms with E-state index in [1.165, 1.54) is 0 Å². The number of hydrogen-bond acceptors (Lipinski definition) is 4. The highest BCUT2D eigenvalue weighted by Crippen LogP contribution is 2.22. The summed E-state index contributed by atoms with van der Waals surface area (Å²) in [6.45, 7) is 4.03. The molecule has 0 radical (unpaired) electrons. The lowest BCUT2D eigenvalue weighted by Gasteiger charge is -2.09. The van der Waals surface area contributed by atoms with Crippen LogP contribution in [0.5, 0.6) is 5.88 Å². The largest absolute Gasteiger partial charge is 0.475 e. The van der Waals surface area contributed by atoms with Crippen LogP contribution in [0, 0.1) is 6.92 Å². The van der Waals surface area contributed by atoms with E-state index in [2.05, 4.69) is 9.97 Å². The van der Waals surface area contributed by atoms with Crippen LogP contribution in [0.4, 0.5) is 0 Å². The molecule has 1 N–H and O–H groups in total. The van der Waals surface area contributed by atoms with Crippen molar-refractivity contribution in [1.82, 2.24) is 9.97 Å². The predicted molar refractivity (Wildman–Crippen MR) is 58.4 cm³/mol. The number of hydrogen-bond donors (Lipinski definition) is 1. The summed E-state index contributed by atoms with van der Waals surface area (Å²) in [5, 5.41) is 9.08. The van der Waals surface area contributed by atoms with Gasteiger partial charge in [-0.2, -0.15) is 4.98 Å². The molecule has 1 aromatic heterocycles. The van der Waals surface area contributed by atoms with Crippen LogP contribution >= 0.6 is 11.6 Å². The van der Waals surface area contributed by atoms with Crippen molar-refractivity contribution in [3.05, 3.63) is 16.5 Å². The summed E-state index contributed by atoms with van der Waals surface area (Å²) < 4.78 is 5.27. The summed E-state index contributed by atoms with van der Waals surface area (Å²) in [5.41, 5.74) is 0.713. The Morgan fingerprint density at radius 3 is 2.73 bits per heavy atom. The van der Waals surface area contributed by atoms with E-state index in [0.29, 0.717) is 22.4 Å². The Bertz CT molecular complexity index is 331. The molecule has 84 valence electrons. The second kappa shape index (κ2) is 5.88. The number of aliphatic hydroxyl groups excluding tert-OH is 1.